The summed E-state index contributed by atoms with van der Waals surface area (Å²) in [5.41, 5.74) is 2.26. The van der Waals surface area contributed by atoms with E-state index in [1.165, 1.54) is 11.6 Å². The molecule has 0 amide bonds. The van der Waals surface area contributed by atoms with E-state index < -0.39 is 5.97 Å². The van der Waals surface area contributed by atoms with Gasteiger partial charge in [0.1, 0.15) is 0 Å². The SMILES string of the molecule is O=C(C=Cc1ccccc1)OOCCCC(O)CCCCc1ccccc1. The molecule has 0 aliphatic heterocycles. The van der Waals surface area contributed by atoms with Crippen LogP contribution in [0, 0.1) is 0 Å². The largest absolute Gasteiger partial charge is 0.393 e. The third-order valence-corrected chi connectivity index (χ3v) is 4.21. The van der Waals surface area contributed by atoms with E-state index in [4.69, 9.17) is 4.89 Å². The number of hydrogen-bond acceptors (Lipinski definition) is 4. The van der Waals surface area contributed by atoms with Crippen LogP contribution in [0.4, 0.5) is 0 Å². The van der Waals surface area contributed by atoms with Crippen LogP contribution in [0.2, 0.25) is 0 Å². The summed E-state index contributed by atoms with van der Waals surface area (Å²) in [7, 11) is 0. The van der Waals surface area contributed by atoms with Gasteiger partial charge in [-0.3, -0.25) is 4.89 Å². The van der Waals surface area contributed by atoms with Crippen LogP contribution in [0.25, 0.3) is 6.08 Å². The molecule has 0 saturated carbocycles. The van der Waals surface area contributed by atoms with Gasteiger partial charge in [-0.05, 0) is 49.3 Å². The van der Waals surface area contributed by atoms with Crippen molar-refractivity contribution in [3.63, 3.8) is 0 Å². The molecule has 0 aromatic heterocycles. The maximum atomic E-state index is 11.5. The van der Waals surface area contributed by atoms with Gasteiger partial charge in [0.2, 0.25) is 0 Å². The van der Waals surface area contributed by atoms with Gasteiger partial charge in [0, 0.05) is 6.08 Å². The molecule has 4 nitrogen and oxygen atoms in total. The Labute approximate surface area is 161 Å². The quantitative estimate of drug-likeness (QED) is 0.255. The molecule has 0 radical (unpaired) electrons. The smallest absolute Gasteiger partial charge is 0.365 e. The minimum Gasteiger partial charge on any atom is -0.393 e. The van der Waals surface area contributed by atoms with Gasteiger partial charge in [0.25, 0.3) is 0 Å². The monoisotopic (exact) mass is 368 g/mol. The van der Waals surface area contributed by atoms with Crippen molar-refractivity contribution >= 4 is 12.0 Å². The Bertz CT molecular complexity index is 667. The molecule has 0 fully saturated rings. The third kappa shape index (κ3) is 9.73. The fourth-order valence-corrected chi connectivity index (χ4v) is 2.73. The summed E-state index contributed by atoms with van der Waals surface area (Å²) in [5.74, 6) is -0.541. The van der Waals surface area contributed by atoms with Crippen LogP contribution < -0.4 is 0 Å². The molecular weight excluding hydrogens is 340 g/mol. The predicted molar refractivity (Wildman–Crippen MR) is 107 cm³/mol. The van der Waals surface area contributed by atoms with Crippen LogP contribution >= 0.6 is 0 Å². The standard InChI is InChI=1S/C23H28O4/c24-22(15-8-7-14-20-10-3-1-4-11-20)16-9-19-26-27-23(25)18-17-21-12-5-2-6-13-21/h1-6,10-13,17-18,22,24H,7-9,14-16,19H2. The maximum Gasteiger partial charge on any atom is 0.365 e. The molecule has 2 aromatic carbocycles. The minimum absolute atomic E-state index is 0.284. The first-order chi connectivity index (χ1) is 13.2. The van der Waals surface area contributed by atoms with Crippen LogP contribution in [0.1, 0.15) is 43.2 Å². The number of benzene rings is 2. The molecule has 0 bridgehead atoms. The van der Waals surface area contributed by atoms with E-state index in [0.29, 0.717) is 12.8 Å². The second-order valence-corrected chi connectivity index (χ2v) is 6.50. The van der Waals surface area contributed by atoms with Crippen molar-refractivity contribution in [1.29, 1.82) is 0 Å². The van der Waals surface area contributed by atoms with E-state index in [1.54, 1.807) is 6.08 Å². The highest BCUT2D eigenvalue weighted by atomic mass is 17.2. The van der Waals surface area contributed by atoms with E-state index >= 15 is 0 Å². The first-order valence-corrected chi connectivity index (χ1v) is 9.52. The molecule has 2 rings (SSSR count). The molecule has 0 aliphatic carbocycles. The fourth-order valence-electron chi connectivity index (χ4n) is 2.73. The van der Waals surface area contributed by atoms with Gasteiger partial charge >= 0.3 is 5.97 Å². The normalized spacial score (nSPS) is 12.2. The molecule has 0 saturated heterocycles. The summed E-state index contributed by atoms with van der Waals surface area (Å²) in [6.07, 6.45) is 7.85. The fraction of sp³-hybridized carbons (Fsp3) is 0.348. The summed E-state index contributed by atoms with van der Waals surface area (Å²) < 4.78 is 0. The lowest BCUT2D eigenvalue weighted by atomic mass is 10.0. The first-order valence-electron chi connectivity index (χ1n) is 9.52. The topological polar surface area (TPSA) is 55.8 Å². The Morgan fingerprint density at radius 1 is 0.926 bits per heavy atom. The number of carbonyl (C=O) groups is 1. The first kappa shape index (κ1) is 20.9. The molecule has 0 heterocycles. The number of aliphatic hydroxyl groups excluding tert-OH is 1. The summed E-state index contributed by atoms with van der Waals surface area (Å²) in [5, 5.41) is 9.99. The summed E-state index contributed by atoms with van der Waals surface area (Å²) in [6.45, 7) is 0.284. The number of carbonyl (C=O) groups excluding carboxylic acids is 1. The van der Waals surface area contributed by atoms with Gasteiger partial charge in [-0.15, -0.1) is 0 Å². The number of rotatable bonds is 12. The van der Waals surface area contributed by atoms with Crippen LogP contribution in [-0.4, -0.2) is 23.8 Å². The number of aryl methyl sites for hydroxylation is 1. The maximum absolute atomic E-state index is 11.5. The lowest BCUT2D eigenvalue weighted by Crippen LogP contribution is -2.09. The van der Waals surface area contributed by atoms with Crippen LogP contribution in [-0.2, 0) is 21.0 Å². The highest BCUT2D eigenvalue weighted by Gasteiger charge is 2.05. The Balaban J connectivity index is 1.46. The predicted octanol–water partition coefficient (Wildman–Crippen LogP) is 4.73. The number of hydrogen-bond donors (Lipinski definition) is 1. The summed E-state index contributed by atoms with van der Waals surface area (Å²) >= 11 is 0. The minimum atomic E-state index is -0.541. The molecule has 27 heavy (non-hydrogen) atoms. The van der Waals surface area contributed by atoms with Gasteiger partial charge in [0.05, 0.1) is 12.7 Å². The summed E-state index contributed by atoms with van der Waals surface area (Å²) in [6, 6.07) is 19.9. The highest BCUT2D eigenvalue weighted by Crippen LogP contribution is 2.10. The third-order valence-electron chi connectivity index (χ3n) is 4.21. The average Bonchev–Trinajstić information content (AvgIpc) is 2.71. The van der Waals surface area contributed by atoms with Crippen molar-refractivity contribution < 1.29 is 19.7 Å². The second-order valence-electron chi connectivity index (χ2n) is 6.50. The van der Waals surface area contributed by atoms with Crippen LogP contribution in [0.5, 0.6) is 0 Å². The van der Waals surface area contributed by atoms with E-state index in [2.05, 4.69) is 29.2 Å². The molecule has 4 heteroatoms. The highest BCUT2D eigenvalue weighted by molar-refractivity contribution is 5.86. The van der Waals surface area contributed by atoms with Crippen molar-refractivity contribution in [2.45, 2.75) is 44.6 Å². The van der Waals surface area contributed by atoms with Crippen molar-refractivity contribution in [2.75, 3.05) is 6.61 Å². The van der Waals surface area contributed by atoms with Crippen LogP contribution in [0.3, 0.4) is 0 Å². The zero-order valence-electron chi connectivity index (χ0n) is 15.6. The van der Waals surface area contributed by atoms with E-state index in [0.717, 1.165) is 31.2 Å². The average molecular weight is 368 g/mol. The van der Waals surface area contributed by atoms with Gasteiger partial charge in [-0.2, -0.15) is 4.89 Å². The summed E-state index contributed by atoms with van der Waals surface area (Å²) in [4.78, 5) is 21.1. The molecule has 1 N–H and O–H groups in total. The Morgan fingerprint density at radius 2 is 1.59 bits per heavy atom. The van der Waals surface area contributed by atoms with Crippen molar-refractivity contribution in [2.24, 2.45) is 0 Å². The van der Waals surface area contributed by atoms with Crippen molar-refractivity contribution in [1.82, 2.24) is 0 Å². The van der Waals surface area contributed by atoms with Gasteiger partial charge in [0.15, 0.2) is 0 Å². The lowest BCUT2D eigenvalue weighted by Gasteiger charge is -2.10. The lowest BCUT2D eigenvalue weighted by molar-refractivity contribution is -0.267. The van der Waals surface area contributed by atoms with E-state index in [-0.39, 0.29) is 12.7 Å². The molecule has 1 atom stereocenters. The number of aliphatic hydroxyl groups is 1. The van der Waals surface area contributed by atoms with Crippen LogP contribution in [0.15, 0.2) is 66.7 Å². The molecule has 0 aliphatic rings. The van der Waals surface area contributed by atoms with E-state index in [9.17, 15) is 9.90 Å². The molecule has 0 spiro atoms. The van der Waals surface area contributed by atoms with E-state index in [1.807, 2.05) is 36.4 Å². The van der Waals surface area contributed by atoms with Gasteiger partial charge in [-0.1, -0.05) is 67.1 Å². The molecule has 2 aromatic rings. The van der Waals surface area contributed by atoms with Gasteiger partial charge in [-0.25, -0.2) is 4.79 Å². The molecular formula is C23H28O4. The van der Waals surface area contributed by atoms with Crippen molar-refractivity contribution in [3.8, 4) is 0 Å². The number of unbranched alkanes of at least 4 members (excludes halogenated alkanes) is 1. The zero-order valence-corrected chi connectivity index (χ0v) is 15.6. The van der Waals surface area contributed by atoms with Gasteiger partial charge < -0.3 is 5.11 Å². The Kier molecular flexibility index (Phi) is 9.93. The molecule has 1 unspecified atom stereocenters. The second kappa shape index (κ2) is 12.8. The zero-order chi connectivity index (χ0) is 19.2. The Hall–Kier alpha value is -2.43. The molecule has 144 valence electrons. The van der Waals surface area contributed by atoms with Crippen molar-refractivity contribution in [3.05, 3.63) is 77.9 Å². The Morgan fingerprint density at radius 3 is 2.33 bits per heavy atom.